The fraction of sp³-hybridized carbons (Fsp3) is 0.462. The van der Waals surface area contributed by atoms with Crippen molar-refractivity contribution in [2.75, 3.05) is 13.1 Å². The van der Waals surface area contributed by atoms with Crippen molar-refractivity contribution in [1.82, 2.24) is 4.90 Å². The molecule has 2 aliphatic rings. The van der Waals surface area contributed by atoms with Gasteiger partial charge in [0.15, 0.2) is 5.96 Å². The molecule has 0 spiro atoms. The molecule has 1 aliphatic heterocycles. The molecule has 96 valence electrons. The van der Waals surface area contributed by atoms with Crippen LogP contribution in [-0.2, 0) is 0 Å². The van der Waals surface area contributed by atoms with Crippen molar-refractivity contribution in [3.63, 3.8) is 0 Å². The van der Waals surface area contributed by atoms with Crippen molar-refractivity contribution in [2.45, 2.75) is 18.9 Å². The summed E-state index contributed by atoms with van der Waals surface area (Å²) in [5.74, 6) is 0.907. The fourth-order valence-electron chi connectivity index (χ4n) is 2.33. The van der Waals surface area contributed by atoms with E-state index < -0.39 is 0 Å². The van der Waals surface area contributed by atoms with E-state index in [2.05, 4.69) is 9.89 Å². The van der Waals surface area contributed by atoms with Crippen molar-refractivity contribution in [3.8, 4) is 0 Å². The molecule has 2 N–H and O–H groups in total. The quantitative estimate of drug-likeness (QED) is 0.915. The van der Waals surface area contributed by atoms with Crippen molar-refractivity contribution in [1.29, 1.82) is 0 Å². The van der Waals surface area contributed by atoms with Gasteiger partial charge in [0.1, 0.15) is 5.82 Å². The number of halogens is 2. The first-order valence-electron chi connectivity index (χ1n) is 6.16. The van der Waals surface area contributed by atoms with Gasteiger partial charge < -0.3 is 10.6 Å². The van der Waals surface area contributed by atoms with Crippen LogP contribution in [0.3, 0.4) is 0 Å². The zero-order chi connectivity index (χ0) is 12.7. The molecule has 1 aliphatic carbocycles. The molecule has 0 amide bonds. The topological polar surface area (TPSA) is 41.6 Å². The van der Waals surface area contributed by atoms with Gasteiger partial charge in [-0.3, -0.25) is 4.99 Å². The Labute approximate surface area is 110 Å². The van der Waals surface area contributed by atoms with Crippen molar-refractivity contribution < 1.29 is 4.39 Å². The predicted octanol–water partition coefficient (Wildman–Crippen LogP) is 2.56. The van der Waals surface area contributed by atoms with Gasteiger partial charge in [-0.25, -0.2) is 4.39 Å². The largest absolute Gasteiger partial charge is 0.370 e. The molecule has 3 nitrogen and oxygen atoms in total. The minimum Gasteiger partial charge on any atom is -0.370 e. The molecule has 1 heterocycles. The number of nitrogens with two attached hydrogens (primary N) is 1. The second-order valence-electron chi connectivity index (χ2n) is 4.98. The fourth-order valence-corrected chi connectivity index (χ4v) is 2.45. The van der Waals surface area contributed by atoms with Crippen molar-refractivity contribution >= 4 is 17.6 Å². The molecular formula is C13H15ClFN3. The molecule has 0 saturated heterocycles. The van der Waals surface area contributed by atoms with Gasteiger partial charge in [0, 0.05) is 6.54 Å². The van der Waals surface area contributed by atoms with Crippen LogP contribution < -0.4 is 5.73 Å². The highest BCUT2D eigenvalue weighted by Crippen LogP contribution is 2.35. The number of rotatable bonds is 3. The molecule has 1 fully saturated rings. The first kappa shape index (κ1) is 11.8. The average molecular weight is 268 g/mol. The summed E-state index contributed by atoms with van der Waals surface area (Å²) in [6.07, 6.45) is 2.51. The Morgan fingerprint density at radius 2 is 2.22 bits per heavy atom. The number of benzene rings is 1. The number of hydrogen-bond acceptors (Lipinski definition) is 3. The highest BCUT2D eigenvalue weighted by Gasteiger charge is 2.33. The van der Waals surface area contributed by atoms with Crippen molar-refractivity contribution in [2.24, 2.45) is 16.6 Å². The molecule has 0 radical (unpaired) electrons. The first-order valence-corrected chi connectivity index (χ1v) is 6.54. The Hall–Kier alpha value is -1.29. The first-order chi connectivity index (χ1) is 8.65. The van der Waals surface area contributed by atoms with Crippen LogP contribution in [0.2, 0.25) is 5.02 Å². The molecule has 1 atom stereocenters. The second kappa shape index (κ2) is 4.43. The van der Waals surface area contributed by atoms with Gasteiger partial charge in [-0.1, -0.05) is 17.7 Å². The molecule has 5 heteroatoms. The smallest absolute Gasteiger partial charge is 0.191 e. The Kier molecular flexibility index (Phi) is 2.90. The molecular weight excluding hydrogens is 253 g/mol. The van der Waals surface area contributed by atoms with E-state index in [1.807, 2.05) is 6.07 Å². The van der Waals surface area contributed by atoms with Gasteiger partial charge in [-0.05, 0) is 36.5 Å². The summed E-state index contributed by atoms with van der Waals surface area (Å²) in [5, 5.41) is 0.152. The van der Waals surface area contributed by atoms with E-state index in [4.69, 9.17) is 17.3 Å². The number of guanidine groups is 1. The van der Waals surface area contributed by atoms with Crippen LogP contribution in [0, 0.1) is 11.7 Å². The van der Waals surface area contributed by atoms with Gasteiger partial charge in [0.2, 0.25) is 0 Å². The summed E-state index contributed by atoms with van der Waals surface area (Å²) in [4.78, 5) is 6.36. The maximum absolute atomic E-state index is 13.5. The van der Waals surface area contributed by atoms with Crippen LogP contribution in [0.1, 0.15) is 24.4 Å². The zero-order valence-corrected chi connectivity index (χ0v) is 10.7. The normalized spacial score (nSPS) is 23.3. The maximum atomic E-state index is 13.5. The lowest BCUT2D eigenvalue weighted by Crippen LogP contribution is -2.37. The van der Waals surface area contributed by atoms with E-state index in [0.717, 1.165) is 18.0 Å². The van der Waals surface area contributed by atoms with Crippen LogP contribution in [0.25, 0.3) is 0 Å². The summed E-state index contributed by atoms with van der Waals surface area (Å²) >= 11 is 5.70. The van der Waals surface area contributed by atoms with Crippen LogP contribution in [0.15, 0.2) is 23.2 Å². The van der Waals surface area contributed by atoms with E-state index >= 15 is 0 Å². The lowest BCUT2D eigenvalue weighted by atomic mass is 10.1. The predicted molar refractivity (Wildman–Crippen MR) is 70.1 cm³/mol. The van der Waals surface area contributed by atoms with E-state index in [1.165, 1.54) is 18.9 Å². The standard InChI is InChI=1S/C13H15ClFN3/c14-10-4-3-9(5-11(10)15)12-6-17-13(16)18(12)7-8-1-2-8/h3-5,8,12H,1-2,6-7H2,(H2,16,17). The SMILES string of the molecule is NC1=NCC(c2ccc(Cl)c(F)c2)N1CC1CC1. The average Bonchev–Trinajstić information content (AvgIpc) is 3.09. The summed E-state index contributed by atoms with van der Waals surface area (Å²) in [6, 6.07) is 4.98. The minimum atomic E-state index is -0.383. The molecule has 18 heavy (non-hydrogen) atoms. The Morgan fingerprint density at radius 1 is 1.44 bits per heavy atom. The van der Waals surface area contributed by atoms with Gasteiger partial charge in [0.05, 0.1) is 17.6 Å². The molecule has 1 aromatic rings. The van der Waals surface area contributed by atoms with Gasteiger partial charge in [-0.2, -0.15) is 0 Å². The van der Waals surface area contributed by atoms with Gasteiger partial charge >= 0.3 is 0 Å². The summed E-state index contributed by atoms with van der Waals surface area (Å²) in [7, 11) is 0. The summed E-state index contributed by atoms with van der Waals surface area (Å²) < 4.78 is 13.5. The molecule has 1 unspecified atom stereocenters. The highest BCUT2D eigenvalue weighted by molar-refractivity contribution is 6.30. The third kappa shape index (κ3) is 2.17. The van der Waals surface area contributed by atoms with E-state index in [9.17, 15) is 4.39 Å². The van der Waals surface area contributed by atoms with Crippen LogP contribution in [0.5, 0.6) is 0 Å². The third-order valence-corrected chi connectivity index (χ3v) is 3.88. The molecule has 0 aromatic heterocycles. The van der Waals surface area contributed by atoms with Crippen LogP contribution in [-0.4, -0.2) is 23.9 Å². The third-order valence-electron chi connectivity index (χ3n) is 3.58. The molecule has 1 saturated carbocycles. The Morgan fingerprint density at radius 3 is 2.89 bits per heavy atom. The maximum Gasteiger partial charge on any atom is 0.191 e. The van der Waals surface area contributed by atoms with Crippen LogP contribution in [0.4, 0.5) is 4.39 Å². The van der Waals surface area contributed by atoms with Gasteiger partial charge in [0.25, 0.3) is 0 Å². The number of hydrogen-bond donors (Lipinski definition) is 1. The van der Waals surface area contributed by atoms with E-state index in [1.54, 1.807) is 6.07 Å². The van der Waals surface area contributed by atoms with Crippen LogP contribution >= 0.6 is 11.6 Å². The zero-order valence-electron chi connectivity index (χ0n) is 9.94. The number of nitrogens with zero attached hydrogens (tertiary/aromatic N) is 2. The van der Waals surface area contributed by atoms with E-state index in [-0.39, 0.29) is 16.9 Å². The summed E-state index contributed by atoms with van der Waals surface area (Å²) in [6.45, 7) is 1.52. The summed E-state index contributed by atoms with van der Waals surface area (Å²) in [5.41, 5.74) is 6.80. The van der Waals surface area contributed by atoms with Crippen molar-refractivity contribution in [3.05, 3.63) is 34.6 Å². The highest BCUT2D eigenvalue weighted by atomic mass is 35.5. The molecule has 3 rings (SSSR count). The Balaban J connectivity index is 1.83. The second-order valence-corrected chi connectivity index (χ2v) is 5.39. The lowest BCUT2D eigenvalue weighted by molar-refractivity contribution is 0.333. The van der Waals surface area contributed by atoms with E-state index in [0.29, 0.717) is 12.5 Å². The minimum absolute atomic E-state index is 0.0531. The molecule has 0 bridgehead atoms. The number of aliphatic imine (C=N–C) groups is 1. The molecule has 1 aromatic carbocycles. The monoisotopic (exact) mass is 267 g/mol. The Bertz CT molecular complexity index is 499. The lowest BCUT2D eigenvalue weighted by Gasteiger charge is -2.26. The van der Waals surface area contributed by atoms with Gasteiger partial charge in [-0.15, -0.1) is 0 Å².